The van der Waals surface area contributed by atoms with Gasteiger partial charge >= 0.3 is 0 Å². The van der Waals surface area contributed by atoms with Gasteiger partial charge in [-0.3, -0.25) is 0 Å². The molecule has 1 unspecified atom stereocenters. The monoisotopic (exact) mass is 892 g/mol. The SMILES string of the molecule is c1ccc(C2N=C(c3ccc(-n4c5ccccc5c5cc6ccccc6cc54)c(-c4c5ccccc5cc5oc6ccccc6c45)c3)N=C(c3cccc4c5ccccc5c5ccccc5c34)N2)cc1. The van der Waals surface area contributed by atoms with Gasteiger partial charge < -0.3 is 14.3 Å². The van der Waals surface area contributed by atoms with Crippen molar-refractivity contribution in [3.8, 4) is 16.8 Å². The highest BCUT2D eigenvalue weighted by Crippen LogP contribution is 2.46. The van der Waals surface area contributed by atoms with E-state index in [0.29, 0.717) is 5.84 Å². The molecule has 0 bridgehead atoms. The summed E-state index contributed by atoms with van der Waals surface area (Å²) in [4.78, 5) is 11.1. The zero-order valence-electron chi connectivity index (χ0n) is 37.8. The van der Waals surface area contributed by atoms with Gasteiger partial charge in [-0.15, -0.1) is 0 Å². The summed E-state index contributed by atoms with van der Waals surface area (Å²) in [5.41, 5.74) is 10.2. The van der Waals surface area contributed by atoms with Gasteiger partial charge in [-0.2, -0.15) is 0 Å². The number of aromatic nitrogens is 1. The Morgan fingerprint density at radius 1 is 0.400 bits per heavy atom. The zero-order valence-corrected chi connectivity index (χ0v) is 37.8. The Morgan fingerprint density at radius 2 is 1.01 bits per heavy atom. The van der Waals surface area contributed by atoms with Crippen molar-refractivity contribution in [2.24, 2.45) is 9.98 Å². The lowest BCUT2D eigenvalue weighted by atomic mass is 9.90. The average molecular weight is 893 g/mol. The van der Waals surface area contributed by atoms with Gasteiger partial charge in [0.2, 0.25) is 0 Å². The Morgan fingerprint density at radius 3 is 1.80 bits per heavy atom. The van der Waals surface area contributed by atoms with Crippen molar-refractivity contribution in [3.63, 3.8) is 0 Å². The number of amidine groups is 2. The molecular weight excluding hydrogens is 853 g/mol. The molecule has 14 aromatic rings. The summed E-state index contributed by atoms with van der Waals surface area (Å²) in [6.45, 7) is 0. The van der Waals surface area contributed by atoms with Crippen LogP contribution in [0.25, 0.3) is 114 Å². The Hall–Kier alpha value is -9.32. The first-order valence-corrected chi connectivity index (χ1v) is 23.9. The van der Waals surface area contributed by atoms with Gasteiger partial charge in [-0.1, -0.05) is 182 Å². The molecule has 0 aliphatic carbocycles. The Kier molecular flexibility index (Phi) is 8.36. The highest BCUT2D eigenvalue weighted by Gasteiger charge is 2.27. The molecule has 0 radical (unpaired) electrons. The third kappa shape index (κ3) is 5.79. The van der Waals surface area contributed by atoms with Crippen LogP contribution in [0.2, 0.25) is 0 Å². The second-order valence-electron chi connectivity index (χ2n) is 18.4. The standard InChI is InChI=1S/C65H40N4O/c1-2-17-39(18-3-1)63-66-64(68-65(67-63)52-30-16-29-50-47-24-9-8-23-45(47)46-25-10-11-27-49(46)60(50)52)43-33-34-56(69-55-31-14-12-26-48(55)53-35-40-19-4-5-20-41(40)37-57(53)69)54(36-43)61-44-22-7-6-21-42(44)38-59-62(61)51-28-13-15-32-58(51)70-59/h1-38,63H,(H,66,67,68). The molecule has 5 heteroatoms. The second-order valence-corrected chi connectivity index (χ2v) is 18.4. The fourth-order valence-electron chi connectivity index (χ4n) is 11.5. The minimum absolute atomic E-state index is 0.401. The molecule has 70 heavy (non-hydrogen) atoms. The van der Waals surface area contributed by atoms with Crippen LogP contribution in [-0.2, 0) is 0 Å². The van der Waals surface area contributed by atoms with E-state index >= 15 is 0 Å². The molecule has 326 valence electrons. The Bertz CT molecular complexity index is 4530. The molecule has 0 spiro atoms. The van der Waals surface area contributed by atoms with Crippen molar-refractivity contribution in [3.05, 3.63) is 247 Å². The van der Waals surface area contributed by atoms with Crippen LogP contribution in [0.4, 0.5) is 0 Å². The lowest BCUT2D eigenvalue weighted by molar-refractivity contribution is 0.669. The fourth-order valence-corrected chi connectivity index (χ4v) is 11.5. The molecule has 0 saturated heterocycles. The molecule has 0 saturated carbocycles. The van der Waals surface area contributed by atoms with Gasteiger partial charge in [0.05, 0.1) is 16.7 Å². The number of nitrogens with one attached hydrogen (secondary N) is 1. The van der Waals surface area contributed by atoms with Gasteiger partial charge in [-0.05, 0) is 103 Å². The van der Waals surface area contributed by atoms with Gasteiger partial charge in [0, 0.05) is 49.2 Å². The first-order valence-electron chi connectivity index (χ1n) is 23.9. The van der Waals surface area contributed by atoms with Crippen molar-refractivity contribution in [2.45, 2.75) is 6.17 Å². The topological polar surface area (TPSA) is 54.8 Å². The van der Waals surface area contributed by atoms with Crippen molar-refractivity contribution in [2.75, 3.05) is 0 Å². The zero-order chi connectivity index (χ0) is 45.9. The van der Waals surface area contributed by atoms with E-state index in [1.807, 2.05) is 6.07 Å². The molecule has 2 aromatic heterocycles. The molecule has 0 amide bonds. The molecule has 1 N–H and O–H groups in total. The van der Waals surface area contributed by atoms with Crippen LogP contribution in [0.15, 0.2) is 245 Å². The largest absolute Gasteiger partial charge is 0.456 e. The summed E-state index contributed by atoms with van der Waals surface area (Å²) >= 11 is 0. The van der Waals surface area contributed by atoms with Crippen LogP contribution in [-0.4, -0.2) is 16.2 Å². The predicted molar refractivity (Wildman–Crippen MR) is 293 cm³/mol. The number of hydrogen-bond acceptors (Lipinski definition) is 4. The number of hydrogen-bond donors (Lipinski definition) is 1. The molecule has 0 fully saturated rings. The van der Waals surface area contributed by atoms with E-state index in [-0.39, 0.29) is 0 Å². The third-order valence-electron chi connectivity index (χ3n) is 14.6. The lowest BCUT2D eigenvalue weighted by Crippen LogP contribution is -2.33. The minimum Gasteiger partial charge on any atom is -0.456 e. The summed E-state index contributed by atoms with van der Waals surface area (Å²) in [6, 6.07) is 82.9. The molecule has 1 aliphatic heterocycles. The summed E-state index contributed by atoms with van der Waals surface area (Å²) in [5, 5.41) is 20.3. The number of nitrogens with zero attached hydrogens (tertiary/aromatic N) is 3. The van der Waals surface area contributed by atoms with Crippen LogP contribution in [0, 0.1) is 0 Å². The Labute approximate surface area is 401 Å². The highest BCUT2D eigenvalue weighted by atomic mass is 16.3. The molecular formula is C65H40N4O. The van der Waals surface area contributed by atoms with E-state index in [2.05, 4.69) is 234 Å². The van der Waals surface area contributed by atoms with Crippen LogP contribution >= 0.6 is 0 Å². The quantitative estimate of drug-likeness (QED) is 0.175. The maximum Gasteiger partial charge on any atom is 0.159 e. The number of benzene rings is 12. The molecule has 1 aliphatic rings. The molecule has 1 atom stereocenters. The van der Waals surface area contributed by atoms with Crippen LogP contribution < -0.4 is 5.32 Å². The van der Waals surface area contributed by atoms with Crippen LogP contribution in [0.3, 0.4) is 0 Å². The molecule has 5 nitrogen and oxygen atoms in total. The van der Waals surface area contributed by atoms with E-state index in [1.165, 1.54) is 48.5 Å². The maximum atomic E-state index is 6.75. The van der Waals surface area contributed by atoms with Crippen molar-refractivity contribution in [1.29, 1.82) is 0 Å². The van der Waals surface area contributed by atoms with Crippen molar-refractivity contribution < 1.29 is 4.42 Å². The van der Waals surface area contributed by atoms with E-state index in [9.17, 15) is 0 Å². The van der Waals surface area contributed by atoms with Gasteiger partial charge in [0.15, 0.2) is 5.84 Å². The van der Waals surface area contributed by atoms with Crippen molar-refractivity contribution in [1.82, 2.24) is 9.88 Å². The summed E-state index contributed by atoms with van der Waals surface area (Å²) in [5.74, 6) is 1.43. The van der Waals surface area contributed by atoms with Gasteiger partial charge in [0.25, 0.3) is 0 Å². The first kappa shape index (κ1) is 38.8. The maximum absolute atomic E-state index is 6.75. The third-order valence-corrected chi connectivity index (χ3v) is 14.6. The second kappa shape index (κ2) is 15.1. The fraction of sp³-hybridized carbons (Fsp3) is 0.0154. The number of aliphatic imine (C=N–C) groups is 2. The smallest absolute Gasteiger partial charge is 0.159 e. The number of fused-ring (bicyclic) bond motifs is 14. The van der Waals surface area contributed by atoms with E-state index < -0.39 is 6.17 Å². The lowest BCUT2D eigenvalue weighted by Gasteiger charge is -2.25. The normalized spacial score (nSPS) is 14.1. The average Bonchev–Trinajstić information content (AvgIpc) is 3.96. The first-order chi connectivity index (χ1) is 34.7. The summed E-state index contributed by atoms with van der Waals surface area (Å²) < 4.78 is 9.21. The minimum atomic E-state index is -0.401. The Balaban J connectivity index is 1.05. The number of furan rings is 1. The van der Waals surface area contributed by atoms with Crippen LogP contribution in [0.5, 0.6) is 0 Å². The van der Waals surface area contributed by atoms with E-state index in [4.69, 9.17) is 14.4 Å². The van der Waals surface area contributed by atoms with E-state index in [0.717, 1.165) is 88.5 Å². The summed E-state index contributed by atoms with van der Waals surface area (Å²) in [6.07, 6.45) is -0.401. The molecule has 3 heterocycles. The van der Waals surface area contributed by atoms with Gasteiger partial charge in [-0.25, -0.2) is 9.98 Å². The molecule has 12 aromatic carbocycles. The summed E-state index contributed by atoms with van der Waals surface area (Å²) in [7, 11) is 0. The van der Waals surface area contributed by atoms with Gasteiger partial charge in [0.1, 0.15) is 23.2 Å². The molecule has 15 rings (SSSR count). The van der Waals surface area contributed by atoms with Crippen molar-refractivity contribution >= 4 is 109 Å². The van der Waals surface area contributed by atoms with Crippen LogP contribution in [0.1, 0.15) is 22.9 Å². The predicted octanol–water partition coefficient (Wildman–Crippen LogP) is 16.6. The number of rotatable bonds is 5. The number of para-hydroxylation sites is 2. The van der Waals surface area contributed by atoms with E-state index in [1.54, 1.807) is 0 Å². The highest BCUT2D eigenvalue weighted by molar-refractivity contribution is 6.31.